The van der Waals surface area contributed by atoms with Gasteiger partial charge < -0.3 is 9.72 Å². The van der Waals surface area contributed by atoms with Crippen molar-refractivity contribution < 1.29 is 4.74 Å². The van der Waals surface area contributed by atoms with Crippen molar-refractivity contribution in [1.82, 2.24) is 4.98 Å². The number of ether oxygens (including phenoxy) is 1. The molecule has 1 atom stereocenters. The molecular weight excluding hydrogens is 174 g/mol. The number of H-pyrrole nitrogens is 1. The van der Waals surface area contributed by atoms with Crippen LogP contribution in [0.5, 0.6) is 0 Å². The molecule has 2 nitrogen and oxygen atoms in total. The summed E-state index contributed by atoms with van der Waals surface area (Å²) in [4.78, 5) is 3.36. The second kappa shape index (κ2) is 3.84. The standard InChI is InChI=1S/C12H15NO/c1-3-14-9(2)12-8-10-6-4-5-7-11(10)13-12/h4-9,13H,3H2,1-2H3. The fourth-order valence-corrected chi connectivity index (χ4v) is 1.65. The summed E-state index contributed by atoms with van der Waals surface area (Å²) >= 11 is 0. The first kappa shape index (κ1) is 9.28. The highest BCUT2D eigenvalue weighted by molar-refractivity contribution is 5.80. The zero-order valence-corrected chi connectivity index (χ0v) is 8.58. The van der Waals surface area contributed by atoms with E-state index >= 15 is 0 Å². The van der Waals surface area contributed by atoms with Crippen LogP contribution in [0.4, 0.5) is 0 Å². The molecule has 1 unspecified atom stereocenters. The number of fused-ring (bicyclic) bond motifs is 1. The zero-order chi connectivity index (χ0) is 9.97. The van der Waals surface area contributed by atoms with Crippen molar-refractivity contribution in [3.05, 3.63) is 36.0 Å². The molecule has 0 spiro atoms. The van der Waals surface area contributed by atoms with Gasteiger partial charge in [-0.3, -0.25) is 0 Å². The third-order valence-electron chi connectivity index (χ3n) is 2.41. The fraction of sp³-hybridized carbons (Fsp3) is 0.333. The molecule has 2 rings (SSSR count). The molecule has 1 aromatic heterocycles. The van der Waals surface area contributed by atoms with Gasteiger partial charge in [-0.2, -0.15) is 0 Å². The molecule has 0 aliphatic rings. The molecule has 0 aliphatic carbocycles. The normalized spacial score (nSPS) is 13.3. The van der Waals surface area contributed by atoms with Gasteiger partial charge in [-0.05, 0) is 31.4 Å². The molecule has 1 heterocycles. The third-order valence-corrected chi connectivity index (χ3v) is 2.41. The molecule has 0 fully saturated rings. The lowest BCUT2D eigenvalue weighted by Gasteiger charge is -2.08. The number of nitrogens with one attached hydrogen (secondary N) is 1. The second-order valence-electron chi connectivity index (χ2n) is 3.41. The van der Waals surface area contributed by atoms with E-state index in [1.165, 1.54) is 10.9 Å². The molecule has 0 saturated heterocycles. The molecule has 2 aromatic rings. The van der Waals surface area contributed by atoms with Crippen LogP contribution in [0.15, 0.2) is 30.3 Å². The average Bonchev–Trinajstić information content (AvgIpc) is 2.61. The monoisotopic (exact) mass is 189 g/mol. The number of hydrogen-bond acceptors (Lipinski definition) is 1. The first-order valence-corrected chi connectivity index (χ1v) is 5.00. The molecule has 2 heteroatoms. The number of rotatable bonds is 3. The van der Waals surface area contributed by atoms with E-state index in [0.29, 0.717) is 0 Å². The Morgan fingerprint density at radius 1 is 1.36 bits per heavy atom. The van der Waals surface area contributed by atoms with E-state index in [9.17, 15) is 0 Å². The Morgan fingerprint density at radius 3 is 2.86 bits per heavy atom. The summed E-state index contributed by atoms with van der Waals surface area (Å²) in [5.41, 5.74) is 2.32. The lowest BCUT2D eigenvalue weighted by Crippen LogP contribution is -1.99. The van der Waals surface area contributed by atoms with Gasteiger partial charge in [-0.15, -0.1) is 0 Å². The first-order valence-electron chi connectivity index (χ1n) is 5.00. The van der Waals surface area contributed by atoms with Crippen LogP contribution in [0.2, 0.25) is 0 Å². The van der Waals surface area contributed by atoms with Gasteiger partial charge in [-0.25, -0.2) is 0 Å². The molecule has 0 amide bonds. The van der Waals surface area contributed by atoms with Crippen LogP contribution in [-0.4, -0.2) is 11.6 Å². The number of benzene rings is 1. The Hall–Kier alpha value is -1.28. The smallest absolute Gasteiger partial charge is 0.0944 e. The third kappa shape index (κ3) is 1.66. The van der Waals surface area contributed by atoms with E-state index in [-0.39, 0.29) is 6.10 Å². The van der Waals surface area contributed by atoms with Crippen molar-refractivity contribution in [2.75, 3.05) is 6.61 Å². The quantitative estimate of drug-likeness (QED) is 0.787. The number of hydrogen-bond donors (Lipinski definition) is 1. The van der Waals surface area contributed by atoms with Gasteiger partial charge in [0.1, 0.15) is 0 Å². The molecule has 0 bridgehead atoms. The molecule has 0 aliphatic heterocycles. The van der Waals surface area contributed by atoms with E-state index in [1.807, 2.05) is 19.1 Å². The molecular formula is C12H15NO. The molecule has 0 saturated carbocycles. The molecule has 74 valence electrons. The topological polar surface area (TPSA) is 25.0 Å². The van der Waals surface area contributed by atoms with Crippen LogP contribution in [0.25, 0.3) is 10.9 Å². The zero-order valence-electron chi connectivity index (χ0n) is 8.58. The maximum atomic E-state index is 5.53. The van der Waals surface area contributed by atoms with Crippen molar-refractivity contribution >= 4 is 10.9 Å². The Kier molecular flexibility index (Phi) is 2.55. The SMILES string of the molecule is CCOC(C)c1cc2ccccc2[nH]1. The van der Waals surface area contributed by atoms with Gasteiger partial charge >= 0.3 is 0 Å². The van der Waals surface area contributed by atoms with Crippen molar-refractivity contribution in [3.8, 4) is 0 Å². The minimum absolute atomic E-state index is 0.146. The van der Waals surface area contributed by atoms with E-state index in [0.717, 1.165) is 12.3 Å². The van der Waals surface area contributed by atoms with Gasteiger partial charge in [0, 0.05) is 17.8 Å². The molecule has 0 radical (unpaired) electrons. The Morgan fingerprint density at radius 2 is 2.14 bits per heavy atom. The van der Waals surface area contributed by atoms with E-state index in [1.54, 1.807) is 0 Å². The summed E-state index contributed by atoms with van der Waals surface area (Å²) in [6.45, 7) is 4.82. The Labute approximate surface area is 83.9 Å². The van der Waals surface area contributed by atoms with Crippen LogP contribution >= 0.6 is 0 Å². The number of aromatic amines is 1. The van der Waals surface area contributed by atoms with E-state index in [2.05, 4.69) is 30.1 Å². The highest BCUT2D eigenvalue weighted by Crippen LogP contribution is 2.21. The summed E-state index contributed by atoms with van der Waals surface area (Å²) < 4.78 is 5.53. The predicted molar refractivity (Wildman–Crippen MR) is 58.3 cm³/mol. The van der Waals surface area contributed by atoms with Crippen LogP contribution in [0.3, 0.4) is 0 Å². The lowest BCUT2D eigenvalue weighted by atomic mass is 10.2. The van der Waals surface area contributed by atoms with Gasteiger partial charge in [0.2, 0.25) is 0 Å². The molecule has 1 N–H and O–H groups in total. The maximum Gasteiger partial charge on any atom is 0.0944 e. The average molecular weight is 189 g/mol. The summed E-state index contributed by atoms with van der Waals surface area (Å²) in [6, 6.07) is 10.4. The maximum absolute atomic E-state index is 5.53. The van der Waals surface area contributed by atoms with E-state index < -0.39 is 0 Å². The van der Waals surface area contributed by atoms with Crippen LogP contribution in [-0.2, 0) is 4.74 Å². The second-order valence-corrected chi connectivity index (χ2v) is 3.41. The molecule has 14 heavy (non-hydrogen) atoms. The Balaban J connectivity index is 2.35. The highest BCUT2D eigenvalue weighted by Gasteiger charge is 2.07. The van der Waals surface area contributed by atoms with Gasteiger partial charge in [0.15, 0.2) is 0 Å². The lowest BCUT2D eigenvalue weighted by molar-refractivity contribution is 0.0739. The minimum Gasteiger partial charge on any atom is -0.373 e. The summed E-state index contributed by atoms with van der Waals surface area (Å²) in [7, 11) is 0. The summed E-state index contributed by atoms with van der Waals surface area (Å²) in [5, 5.41) is 1.24. The van der Waals surface area contributed by atoms with E-state index in [4.69, 9.17) is 4.74 Å². The highest BCUT2D eigenvalue weighted by atomic mass is 16.5. The largest absolute Gasteiger partial charge is 0.373 e. The Bertz CT molecular complexity index is 386. The fourth-order valence-electron chi connectivity index (χ4n) is 1.65. The predicted octanol–water partition coefficient (Wildman–Crippen LogP) is 3.27. The van der Waals surface area contributed by atoms with Gasteiger partial charge in [0.25, 0.3) is 0 Å². The minimum atomic E-state index is 0.146. The van der Waals surface area contributed by atoms with Gasteiger partial charge in [-0.1, -0.05) is 18.2 Å². The summed E-state index contributed by atoms with van der Waals surface area (Å²) in [6.07, 6.45) is 0.146. The first-order chi connectivity index (χ1) is 6.81. The van der Waals surface area contributed by atoms with Crippen LogP contribution in [0, 0.1) is 0 Å². The molecule has 1 aromatic carbocycles. The number of aromatic nitrogens is 1. The van der Waals surface area contributed by atoms with Crippen molar-refractivity contribution in [1.29, 1.82) is 0 Å². The van der Waals surface area contributed by atoms with Crippen LogP contribution in [0.1, 0.15) is 25.6 Å². The van der Waals surface area contributed by atoms with Crippen molar-refractivity contribution in [2.24, 2.45) is 0 Å². The number of para-hydroxylation sites is 1. The van der Waals surface area contributed by atoms with Gasteiger partial charge in [0.05, 0.1) is 6.10 Å². The van der Waals surface area contributed by atoms with Crippen molar-refractivity contribution in [3.63, 3.8) is 0 Å². The summed E-state index contributed by atoms with van der Waals surface area (Å²) in [5.74, 6) is 0. The van der Waals surface area contributed by atoms with Crippen molar-refractivity contribution in [2.45, 2.75) is 20.0 Å². The van der Waals surface area contributed by atoms with Crippen LogP contribution < -0.4 is 0 Å².